The first-order valence-corrected chi connectivity index (χ1v) is 6.42. The van der Waals surface area contributed by atoms with Gasteiger partial charge in [0.25, 0.3) is 0 Å². The Balaban J connectivity index is 2.53. The maximum absolute atomic E-state index is 6.17. The van der Waals surface area contributed by atoms with Gasteiger partial charge in [0.1, 0.15) is 17.3 Å². The van der Waals surface area contributed by atoms with Crippen molar-refractivity contribution in [3.63, 3.8) is 0 Å². The van der Waals surface area contributed by atoms with E-state index >= 15 is 0 Å². The SMILES string of the molecule is CCCc1nc(-c2cc(C)cc(C)c2)c(N)n1C. The quantitative estimate of drug-likeness (QED) is 0.899. The van der Waals surface area contributed by atoms with Gasteiger partial charge in [-0.15, -0.1) is 0 Å². The second-order valence-corrected chi connectivity index (χ2v) is 4.95. The smallest absolute Gasteiger partial charge is 0.131 e. The van der Waals surface area contributed by atoms with Gasteiger partial charge in [-0.2, -0.15) is 0 Å². The van der Waals surface area contributed by atoms with Gasteiger partial charge in [-0.3, -0.25) is 0 Å². The molecule has 0 aliphatic heterocycles. The number of hydrogen-bond donors (Lipinski definition) is 1. The first-order valence-electron chi connectivity index (χ1n) is 6.42. The molecule has 0 saturated carbocycles. The third-order valence-electron chi connectivity index (χ3n) is 3.20. The second-order valence-electron chi connectivity index (χ2n) is 4.95. The number of aromatic nitrogens is 2. The second kappa shape index (κ2) is 4.84. The average molecular weight is 243 g/mol. The van der Waals surface area contributed by atoms with Gasteiger partial charge in [0.05, 0.1) is 0 Å². The number of imidazole rings is 1. The topological polar surface area (TPSA) is 43.8 Å². The first-order chi connectivity index (χ1) is 8.52. The molecule has 2 N–H and O–H groups in total. The van der Waals surface area contributed by atoms with Gasteiger partial charge in [-0.05, 0) is 32.4 Å². The summed E-state index contributed by atoms with van der Waals surface area (Å²) in [6.07, 6.45) is 2.04. The van der Waals surface area contributed by atoms with Gasteiger partial charge in [-0.25, -0.2) is 4.98 Å². The third-order valence-corrected chi connectivity index (χ3v) is 3.20. The minimum Gasteiger partial charge on any atom is -0.383 e. The molecule has 0 bridgehead atoms. The highest BCUT2D eigenvalue weighted by Crippen LogP contribution is 2.27. The molecule has 0 saturated heterocycles. The molecule has 0 aliphatic rings. The number of nitrogens with zero attached hydrogens (tertiary/aromatic N) is 2. The van der Waals surface area contributed by atoms with Crippen molar-refractivity contribution in [1.29, 1.82) is 0 Å². The van der Waals surface area contributed by atoms with Gasteiger partial charge in [0, 0.05) is 19.0 Å². The van der Waals surface area contributed by atoms with Crippen molar-refractivity contribution >= 4 is 5.82 Å². The largest absolute Gasteiger partial charge is 0.383 e. The third kappa shape index (κ3) is 2.26. The zero-order valence-electron chi connectivity index (χ0n) is 11.6. The molecule has 0 radical (unpaired) electrons. The minimum atomic E-state index is 0.753. The van der Waals surface area contributed by atoms with E-state index in [1.54, 1.807) is 0 Å². The molecule has 3 heteroatoms. The van der Waals surface area contributed by atoms with Crippen LogP contribution in [0, 0.1) is 13.8 Å². The Morgan fingerprint density at radius 3 is 2.33 bits per heavy atom. The lowest BCUT2D eigenvalue weighted by Crippen LogP contribution is -2.01. The van der Waals surface area contributed by atoms with E-state index in [-0.39, 0.29) is 0 Å². The van der Waals surface area contributed by atoms with Crippen LogP contribution in [0.1, 0.15) is 30.3 Å². The van der Waals surface area contributed by atoms with Crippen LogP contribution in [0.5, 0.6) is 0 Å². The number of anilines is 1. The number of aryl methyl sites for hydroxylation is 3. The molecular formula is C15H21N3. The van der Waals surface area contributed by atoms with E-state index in [0.717, 1.165) is 35.7 Å². The van der Waals surface area contributed by atoms with E-state index in [1.165, 1.54) is 11.1 Å². The van der Waals surface area contributed by atoms with Crippen molar-refractivity contribution < 1.29 is 0 Å². The van der Waals surface area contributed by atoms with E-state index in [0.29, 0.717) is 0 Å². The lowest BCUT2D eigenvalue weighted by Gasteiger charge is -2.04. The highest BCUT2D eigenvalue weighted by Gasteiger charge is 2.13. The van der Waals surface area contributed by atoms with Gasteiger partial charge in [-0.1, -0.05) is 24.1 Å². The maximum Gasteiger partial charge on any atom is 0.131 e. The Morgan fingerprint density at radius 2 is 1.78 bits per heavy atom. The summed E-state index contributed by atoms with van der Waals surface area (Å²) >= 11 is 0. The summed E-state index contributed by atoms with van der Waals surface area (Å²) < 4.78 is 2.00. The Kier molecular flexibility index (Phi) is 3.41. The normalized spacial score (nSPS) is 10.9. The number of hydrogen-bond acceptors (Lipinski definition) is 2. The minimum absolute atomic E-state index is 0.753. The van der Waals surface area contributed by atoms with E-state index in [4.69, 9.17) is 5.73 Å². The summed E-state index contributed by atoms with van der Waals surface area (Å²) in [6.45, 7) is 6.35. The molecule has 0 fully saturated rings. The fourth-order valence-electron chi connectivity index (χ4n) is 2.33. The maximum atomic E-state index is 6.17. The van der Waals surface area contributed by atoms with Crippen molar-refractivity contribution in [2.45, 2.75) is 33.6 Å². The van der Waals surface area contributed by atoms with E-state index < -0.39 is 0 Å². The Hall–Kier alpha value is -1.77. The zero-order valence-corrected chi connectivity index (χ0v) is 11.6. The summed E-state index contributed by atoms with van der Waals surface area (Å²) in [7, 11) is 1.99. The Labute approximate surface area is 109 Å². The molecule has 2 rings (SSSR count). The molecule has 2 aromatic rings. The molecule has 0 atom stereocenters. The summed E-state index contributed by atoms with van der Waals surface area (Å²) in [5.41, 5.74) is 10.7. The molecule has 1 heterocycles. The fourth-order valence-corrected chi connectivity index (χ4v) is 2.33. The highest BCUT2D eigenvalue weighted by atomic mass is 15.1. The van der Waals surface area contributed by atoms with Crippen molar-refractivity contribution in [1.82, 2.24) is 9.55 Å². The van der Waals surface area contributed by atoms with E-state index in [9.17, 15) is 0 Å². The molecule has 0 spiro atoms. The van der Waals surface area contributed by atoms with Crippen molar-refractivity contribution in [3.05, 3.63) is 35.2 Å². The number of nitrogen functional groups attached to an aromatic ring is 1. The summed E-state index contributed by atoms with van der Waals surface area (Å²) in [6, 6.07) is 6.44. The van der Waals surface area contributed by atoms with Gasteiger partial charge < -0.3 is 10.3 Å². The van der Waals surface area contributed by atoms with Crippen LogP contribution in [0.2, 0.25) is 0 Å². The predicted octanol–water partition coefficient (Wildman–Crippen LogP) is 3.24. The molecule has 1 aromatic heterocycles. The molecular weight excluding hydrogens is 222 g/mol. The fraction of sp³-hybridized carbons (Fsp3) is 0.400. The predicted molar refractivity (Wildman–Crippen MR) is 76.5 cm³/mol. The molecule has 18 heavy (non-hydrogen) atoms. The monoisotopic (exact) mass is 243 g/mol. The number of benzene rings is 1. The van der Waals surface area contributed by atoms with E-state index in [1.807, 2.05) is 11.6 Å². The van der Waals surface area contributed by atoms with Crippen LogP contribution in [0.3, 0.4) is 0 Å². The summed E-state index contributed by atoms with van der Waals surface area (Å²) in [5, 5.41) is 0. The van der Waals surface area contributed by atoms with Crippen molar-refractivity contribution in [3.8, 4) is 11.3 Å². The van der Waals surface area contributed by atoms with Crippen LogP contribution in [0.4, 0.5) is 5.82 Å². The van der Waals surface area contributed by atoms with Crippen LogP contribution in [-0.4, -0.2) is 9.55 Å². The molecule has 0 aliphatic carbocycles. The van der Waals surface area contributed by atoms with Crippen LogP contribution in [0.15, 0.2) is 18.2 Å². The van der Waals surface area contributed by atoms with Crippen molar-refractivity contribution in [2.75, 3.05) is 5.73 Å². The lowest BCUT2D eigenvalue weighted by molar-refractivity contribution is 0.764. The number of rotatable bonds is 3. The Morgan fingerprint density at radius 1 is 1.17 bits per heavy atom. The highest BCUT2D eigenvalue weighted by molar-refractivity contribution is 5.72. The molecule has 3 nitrogen and oxygen atoms in total. The molecule has 1 aromatic carbocycles. The molecule has 0 amide bonds. The Bertz CT molecular complexity index is 547. The average Bonchev–Trinajstić information content (AvgIpc) is 2.57. The van der Waals surface area contributed by atoms with Gasteiger partial charge >= 0.3 is 0 Å². The lowest BCUT2D eigenvalue weighted by atomic mass is 10.1. The summed E-state index contributed by atoms with van der Waals surface area (Å²) in [5.74, 6) is 1.81. The van der Waals surface area contributed by atoms with Gasteiger partial charge in [0.2, 0.25) is 0 Å². The first kappa shape index (κ1) is 12.7. The molecule has 96 valence electrons. The van der Waals surface area contributed by atoms with Crippen LogP contribution >= 0.6 is 0 Å². The number of nitrogens with two attached hydrogens (primary N) is 1. The van der Waals surface area contributed by atoms with Crippen LogP contribution in [-0.2, 0) is 13.5 Å². The van der Waals surface area contributed by atoms with Crippen LogP contribution in [0.25, 0.3) is 11.3 Å². The zero-order chi connectivity index (χ0) is 13.3. The summed E-state index contributed by atoms with van der Waals surface area (Å²) in [4.78, 5) is 4.69. The standard InChI is InChI=1S/C15H21N3/c1-5-6-13-17-14(15(16)18(13)4)12-8-10(2)7-11(3)9-12/h7-9H,5-6,16H2,1-4H3. The molecule has 0 unspecified atom stereocenters. The van der Waals surface area contributed by atoms with Crippen molar-refractivity contribution in [2.24, 2.45) is 7.05 Å². The van der Waals surface area contributed by atoms with Gasteiger partial charge in [0.15, 0.2) is 0 Å². The van der Waals surface area contributed by atoms with Crippen LogP contribution < -0.4 is 5.73 Å². The van der Waals surface area contributed by atoms with E-state index in [2.05, 4.69) is 44.0 Å².